The molecule has 7 heteroatoms. The largest absolute Gasteiger partial charge is 0.383 e. The smallest absolute Gasteiger partial charge is 0.257 e. The standard InChI is InChI=1S/C13H18N4O3/c1-19-5-2-17-9-11-10(12(17)18)8-14-13(15-11)16-3-6-20-7-4-16/h8H,2-7,9H2,1H3. The first-order valence-electron chi connectivity index (χ1n) is 6.76. The van der Waals surface area contributed by atoms with Crippen molar-refractivity contribution in [3.8, 4) is 0 Å². The van der Waals surface area contributed by atoms with Gasteiger partial charge in [0.15, 0.2) is 0 Å². The number of ether oxygens (including phenoxy) is 2. The van der Waals surface area contributed by atoms with Gasteiger partial charge in [0.05, 0.1) is 37.6 Å². The third kappa shape index (κ3) is 2.46. The summed E-state index contributed by atoms with van der Waals surface area (Å²) in [7, 11) is 1.63. The summed E-state index contributed by atoms with van der Waals surface area (Å²) in [5.41, 5.74) is 1.42. The predicted octanol–water partition coefficient (Wildman–Crippen LogP) is -0.0846. The van der Waals surface area contributed by atoms with Gasteiger partial charge < -0.3 is 19.3 Å². The summed E-state index contributed by atoms with van der Waals surface area (Å²) in [6.07, 6.45) is 1.64. The van der Waals surface area contributed by atoms with Crippen LogP contribution in [-0.4, -0.2) is 67.3 Å². The molecule has 0 aliphatic carbocycles. The maximum atomic E-state index is 12.1. The lowest BCUT2D eigenvalue weighted by Gasteiger charge is -2.26. The number of hydrogen-bond donors (Lipinski definition) is 0. The summed E-state index contributed by atoms with van der Waals surface area (Å²) in [5, 5.41) is 0. The van der Waals surface area contributed by atoms with Crippen LogP contribution in [0.25, 0.3) is 0 Å². The number of methoxy groups -OCH3 is 1. The summed E-state index contributed by atoms with van der Waals surface area (Å²) in [5.74, 6) is 0.680. The van der Waals surface area contributed by atoms with E-state index in [1.807, 2.05) is 0 Å². The quantitative estimate of drug-likeness (QED) is 0.767. The van der Waals surface area contributed by atoms with E-state index >= 15 is 0 Å². The molecule has 0 unspecified atom stereocenters. The summed E-state index contributed by atoms with van der Waals surface area (Å²) in [6.45, 7) is 4.62. The zero-order valence-electron chi connectivity index (χ0n) is 11.5. The number of carbonyl (C=O) groups is 1. The third-order valence-electron chi connectivity index (χ3n) is 3.57. The highest BCUT2D eigenvalue weighted by Crippen LogP contribution is 2.22. The number of aromatic nitrogens is 2. The minimum absolute atomic E-state index is 0.00872. The minimum Gasteiger partial charge on any atom is -0.383 e. The third-order valence-corrected chi connectivity index (χ3v) is 3.57. The lowest BCUT2D eigenvalue weighted by Crippen LogP contribution is -2.37. The van der Waals surface area contributed by atoms with Crippen LogP contribution in [0.3, 0.4) is 0 Å². The molecule has 0 atom stereocenters. The molecular formula is C13H18N4O3. The van der Waals surface area contributed by atoms with Crippen LogP contribution < -0.4 is 4.90 Å². The number of fused-ring (bicyclic) bond motifs is 1. The Morgan fingerprint density at radius 2 is 2.20 bits per heavy atom. The lowest BCUT2D eigenvalue weighted by atomic mass is 10.3. The molecule has 0 spiro atoms. The number of anilines is 1. The monoisotopic (exact) mass is 278 g/mol. The van der Waals surface area contributed by atoms with E-state index in [2.05, 4.69) is 14.9 Å². The van der Waals surface area contributed by atoms with E-state index in [4.69, 9.17) is 9.47 Å². The summed E-state index contributed by atoms with van der Waals surface area (Å²) >= 11 is 0. The molecule has 1 aromatic heterocycles. The highest BCUT2D eigenvalue weighted by atomic mass is 16.5. The van der Waals surface area contributed by atoms with Gasteiger partial charge in [-0.25, -0.2) is 9.97 Å². The van der Waals surface area contributed by atoms with Crippen molar-refractivity contribution in [3.63, 3.8) is 0 Å². The summed E-state index contributed by atoms with van der Waals surface area (Å²) in [6, 6.07) is 0. The Morgan fingerprint density at radius 3 is 2.95 bits per heavy atom. The fraction of sp³-hybridized carbons (Fsp3) is 0.615. The van der Waals surface area contributed by atoms with Gasteiger partial charge in [-0.3, -0.25) is 4.79 Å². The molecule has 0 saturated carbocycles. The van der Waals surface area contributed by atoms with Gasteiger partial charge in [-0.2, -0.15) is 0 Å². The van der Waals surface area contributed by atoms with Gasteiger partial charge in [-0.15, -0.1) is 0 Å². The van der Waals surface area contributed by atoms with Gasteiger partial charge >= 0.3 is 0 Å². The van der Waals surface area contributed by atoms with Gasteiger partial charge in [0.2, 0.25) is 5.95 Å². The van der Waals surface area contributed by atoms with Gasteiger partial charge in [0, 0.05) is 32.9 Å². The first-order valence-corrected chi connectivity index (χ1v) is 6.76. The van der Waals surface area contributed by atoms with Crippen molar-refractivity contribution in [1.29, 1.82) is 0 Å². The Hall–Kier alpha value is -1.73. The van der Waals surface area contributed by atoms with E-state index in [1.165, 1.54) is 0 Å². The number of carbonyl (C=O) groups excluding carboxylic acids is 1. The van der Waals surface area contributed by atoms with Crippen LogP contribution in [0.2, 0.25) is 0 Å². The molecule has 1 amide bonds. The topological polar surface area (TPSA) is 67.8 Å². The average molecular weight is 278 g/mol. The second kappa shape index (κ2) is 5.72. The van der Waals surface area contributed by atoms with Crippen molar-refractivity contribution in [2.24, 2.45) is 0 Å². The van der Waals surface area contributed by atoms with Crippen LogP contribution in [0.4, 0.5) is 5.95 Å². The molecule has 0 radical (unpaired) electrons. The minimum atomic E-state index is -0.00872. The molecule has 3 heterocycles. The maximum absolute atomic E-state index is 12.1. The summed E-state index contributed by atoms with van der Waals surface area (Å²) in [4.78, 5) is 24.8. The molecule has 7 nitrogen and oxygen atoms in total. The molecule has 3 rings (SSSR count). The lowest BCUT2D eigenvalue weighted by molar-refractivity contribution is 0.0718. The van der Waals surface area contributed by atoms with Crippen LogP contribution in [0.5, 0.6) is 0 Å². The van der Waals surface area contributed by atoms with E-state index in [0.717, 1.165) is 18.8 Å². The van der Waals surface area contributed by atoms with Gasteiger partial charge in [0.1, 0.15) is 0 Å². The number of rotatable bonds is 4. The molecular weight excluding hydrogens is 260 g/mol. The first kappa shape index (κ1) is 13.3. The molecule has 108 valence electrons. The van der Waals surface area contributed by atoms with Gasteiger partial charge in [-0.1, -0.05) is 0 Å². The van der Waals surface area contributed by atoms with Crippen LogP contribution in [0.1, 0.15) is 16.1 Å². The van der Waals surface area contributed by atoms with E-state index in [-0.39, 0.29) is 5.91 Å². The van der Waals surface area contributed by atoms with Crippen molar-refractivity contribution in [3.05, 3.63) is 17.5 Å². The summed E-state index contributed by atoms with van der Waals surface area (Å²) < 4.78 is 10.3. The van der Waals surface area contributed by atoms with Crippen LogP contribution in [0, 0.1) is 0 Å². The Kier molecular flexibility index (Phi) is 3.79. The van der Waals surface area contributed by atoms with Crippen LogP contribution in [0.15, 0.2) is 6.20 Å². The second-order valence-corrected chi connectivity index (χ2v) is 4.85. The van der Waals surface area contributed by atoms with Gasteiger partial charge in [0.25, 0.3) is 5.91 Å². The highest BCUT2D eigenvalue weighted by Gasteiger charge is 2.29. The van der Waals surface area contributed by atoms with Crippen LogP contribution >= 0.6 is 0 Å². The molecule has 1 fully saturated rings. The Labute approximate surface area is 117 Å². The predicted molar refractivity (Wildman–Crippen MR) is 71.7 cm³/mol. The number of morpholine rings is 1. The second-order valence-electron chi connectivity index (χ2n) is 4.85. The number of nitrogens with zero attached hydrogens (tertiary/aromatic N) is 4. The molecule has 2 aliphatic heterocycles. The van der Waals surface area contributed by atoms with E-state index in [1.54, 1.807) is 18.2 Å². The normalized spacial score (nSPS) is 18.6. The van der Waals surface area contributed by atoms with E-state index in [9.17, 15) is 4.79 Å². The molecule has 0 aromatic carbocycles. The van der Waals surface area contributed by atoms with E-state index in [0.29, 0.717) is 44.4 Å². The zero-order chi connectivity index (χ0) is 13.9. The van der Waals surface area contributed by atoms with Crippen molar-refractivity contribution in [2.75, 3.05) is 51.5 Å². The van der Waals surface area contributed by atoms with Crippen molar-refractivity contribution in [1.82, 2.24) is 14.9 Å². The van der Waals surface area contributed by atoms with Gasteiger partial charge in [-0.05, 0) is 0 Å². The van der Waals surface area contributed by atoms with Crippen molar-refractivity contribution >= 4 is 11.9 Å². The van der Waals surface area contributed by atoms with Crippen molar-refractivity contribution < 1.29 is 14.3 Å². The van der Waals surface area contributed by atoms with Crippen molar-refractivity contribution in [2.45, 2.75) is 6.54 Å². The maximum Gasteiger partial charge on any atom is 0.257 e. The Balaban J connectivity index is 1.76. The molecule has 2 aliphatic rings. The molecule has 20 heavy (non-hydrogen) atoms. The average Bonchev–Trinajstić information content (AvgIpc) is 2.82. The first-order chi connectivity index (χ1) is 9.79. The Morgan fingerprint density at radius 1 is 1.40 bits per heavy atom. The van der Waals surface area contributed by atoms with Crippen LogP contribution in [-0.2, 0) is 16.0 Å². The highest BCUT2D eigenvalue weighted by molar-refractivity contribution is 5.97. The molecule has 1 saturated heterocycles. The SMILES string of the molecule is COCCN1Cc2nc(N3CCOCC3)ncc2C1=O. The fourth-order valence-electron chi connectivity index (χ4n) is 2.43. The fourth-order valence-corrected chi connectivity index (χ4v) is 2.43. The molecule has 0 N–H and O–H groups in total. The molecule has 1 aromatic rings. The zero-order valence-corrected chi connectivity index (χ0v) is 11.5. The Bertz CT molecular complexity index is 502. The van der Waals surface area contributed by atoms with E-state index < -0.39 is 0 Å². The number of hydrogen-bond acceptors (Lipinski definition) is 6. The molecule has 0 bridgehead atoms. The number of amides is 1.